The average Bonchev–Trinajstić information content (AvgIpc) is 2.10. The molecular weight excluding hydrogens is 180 g/mol. The smallest absolute Gasteiger partial charge is 0.334 e. The SMILES string of the molecule is CCCCC(C)(C)CC(=CO)C(=O)O. The maximum Gasteiger partial charge on any atom is 0.334 e. The van der Waals surface area contributed by atoms with Gasteiger partial charge in [-0.3, -0.25) is 0 Å². The van der Waals surface area contributed by atoms with Crippen molar-refractivity contribution in [2.45, 2.75) is 46.5 Å². The largest absolute Gasteiger partial charge is 0.515 e. The molecule has 0 aliphatic carbocycles. The van der Waals surface area contributed by atoms with Crippen LogP contribution >= 0.6 is 0 Å². The number of carboxylic acid groups (broad SMARTS) is 1. The van der Waals surface area contributed by atoms with Gasteiger partial charge in [0, 0.05) is 0 Å². The van der Waals surface area contributed by atoms with Crippen molar-refractivity contribution in [2.75, 3.05) is 0 Å². The minimum absolute atomic E-state index is 0.0526. The van der Waals surface area contributed by atoms with Gasteiger partial charge in [0.2, 0.25) is 0 Å². The molecule has 0 bridgehead atoms. The Balaban J connectivity index is 4.25. The number of hydrogen-bond donors (Lipinski definition) is 2. The van der Waals surface area contributed by atoms with Gasteiger partial charge in [-0.2, -0.15) is 0 Å². The van der Waals surface area contributed by atoms with E-state index in [-0.39, 0.29) is 11.0 Å². The van der Waals surface area contributed by atoms with E-state index in [1.165, 1.54) is 0 Å². The lowest BCUT2D eigenvalue weighted by Crippen LogP contribution is -2.16. The first-order chi connectivity index (χ1) is 6.43. The van der Waals surface area contributed by atoms with Gasteiger partial charge in [0.05, 0.1) is 11.8 Å². The Kier molecular flexibility index (Phi) is 5.28. The molecule has 0 fully saturated rings. The van der Waals surface area contributed by atoms with E-state index in [2.05, 4.69) is 6.92 Å². The molecule has 0 atom stereocenters. The van der Waals surface area contributed by atoms with Crippen LogP contribution in [-0.2, 0) is 4.79 Å². The van der Waals surface area contributed by atoms with Gasteiger partial charge in [0.15, 0.2) is 0 Å². The zero-order valence-electron chi connectivity index (χ0n) is 9.21. The molecule has 0 aromatic heterocycles. The summed E-state index contributed by atoms with van der Waals surface area (Å²) in [4.78, 5) is 10.7. The minimum Gasteiger partial charge on any atom is -0.515 e. The third-order valence-corrected chi connectivity index (χ3v) is 2.31. The van der Waals surface area contributed by atoms with Crippen LogP contribution in [0.1, 0.15) is 46.5 Å². The number of carbonyl (C=O) groups is 1. The summed E-state index contributed by atoms with van der Waals surface area (Å²) in [7, 11) is 0. The molecular formula is C11H20O3. The third-order valence-electron chi connectivity index (χ3n) is 2.31. The lowest BCUT2D eigenvalue weighted by Gasteiger charge is -2.24. The molecule has 0 heterocycles. The standard InChI is InChI=1S/C11H20O3/c1-4-5-6-11(2,3)7-9(8-12)10(13)14/h8,12H,4-7H2,1-3H3,(H,13,14). The molecule has 3 nitrogen and oxygen atoms in total. The van der Waals surface area contributed by atoms with Crippen molar-refractivity contribution in [3.05, 3.63) is 11.8 Å². The summed E-state index contributed by atoms with van der Waals surface area (Å²) in [5, 5.41) is 17.5. The van der Waals surface area contributed by atoms with Crippen LogP contribution in [0.25, 0.3) is 0 Å². The average molecular weight is 200 g/mol. The zero-order chi connectivity index (χ0) is 11.2. The summed E-state index contributed by atoms with van der Waals surface area (Å²) in [6.07, 6.45) is 4.29. The molecule has 0 saturated heterocycles. The number of aliphatic carboxylic acids is 1. The summed E-state index contributed by atoms with van der Waals surface area (Å²) in [6, 6.07) is 0. The fraction of sp³-hybridized carbons (Fsp3) is 0.727. The Hall–Kier alpha value is -0.990. The van der Waals surface area contributed by atoms with Gasteiger partial charge in [0.25, 0.3) is 0 Å². The quantitative estimate of drug-likeness (QED) is 0.511. The molecule has 0 amide bonds. The highest BCUT2D eigenvalue weighted by Gasteiger charge is 2.22. The molecule has 0 unspecified atom stereocenters. The van der Waals surface area contributed by atoms with E-state index in [0.29, 0.717) is 12.7 Å². The number of rotatable bonds is 6. The van der Waals surface area contributed by atoms with E-state index in [1.54, 1.807) is 0 Å². The monoisotopic (exact) mass is 200 g/mol. The van der Waals surface area contributed by atoms with E-state index in [9.17, 15) is 4.79 Å². The van der Waals surface area contributed by atoms with Gasteiger partial charge >= 0.3 is 5.97 Å². The topological polar surface area (TPSA) is 57.5 Å². The highest BCUT2D eigenvalue weighted by Crippen LogP contribution is 2.30. The third kappa shape index (κ3) is 4.90. The highest BCUT2D eigenvalue weighted by atomic mass is 16.4. The Labute approximate surface area is 85.4 Å². The Morgan fingerprint density at radius 2 is 2.00 bits per heavy atom. The molecule has 0 aromatic rings. The van der Waals surface area contributed by atoms with Crippen molar-refractivity contribution < 1.29 is 15.0 Å². The fourth-order valence-corrected chi connectivity index (χ4v) is 1.44. The van der Waals surface area contributed by atoms with Gasteiger partial charge in [-0.05, 0) is 18.3 Å². The molecule has 14 heavy (non-hydrogen) atoms. The van der Waals surface area contributed by atoms with E-state index >= 15 is 0 Å². The van der Waals surface area contributed by atoms with Gasteiger partial charge in [-0.25, -0.2) is 4.79 Å². The van der Waals surface area contributed by atoms with Crippen LogP contribution in [0.4, 0.5) is 0 Å². The fourth-order valence-electron chi connectivity index (χ4n) is 1.44. The molecule has 0 radical (unpaired) electrons. The predicted molar refractivity (Wildman–Crippen MR) is 56.3 cm³/mol. The molecule has 0 rings (SSSR count). The van der Waals surface area contributed by atoms with Crippen molar-refractivity contribution in [1.29, 1.82) is 0 Å². The summed E-state index contributed by atoms with van der Waals surface area (Å²) in [6.45, 7) is 6.15. The van der Waals surface area contributed by atoms with Crippen molar-refractivity contribution in [1.82, 2.24) is 0 Å². The molecule has 0 aliphatic rings. The highest BCUT2D eigenvalue weighted by molar-refractivity contribution is 5.86. The van der Waals surface area contributed by atoms with Crippen LogP contribution in [0.5, 0.6) is 0 Å². The maximum atomic E-state index is 10.7. The maximum absolute atomic E-state index is 10.7. The number of aliphatic hydroxyl groups is 1. The second kappa shape index (κ2) is 5.68. The summed E-state index contributed by atoms with van der Waals surface area (Å²) < 4.78 is 0. The first-order valence-corrected chi connectivity index (χ1v) is 4.99. The Morgan fingerprint density at radius 3 is 2.36 bits per heavy atom. The molecule has 0 aromatic carbocycles. The van der Waals surface area contributed by atoms with Gasteiger partial charge in [0.1, 0.15) is 0 Å². The second-order valence-corrected chi connectivity index (χ2v) is 4.40. The molecule has 3 heteroatoms. The van der Waals surface area contributed by atoms with Crippen molar-refractivity contribution in [3.8, 4) is 0 Å². The van der Waals surface area contributed by atoms with E-state index in [4.69, 9.17) is 10.2 Å². The molecule has 0 spiro atoms. The number of unbranched alkanes of at least 4 members (excludes halogenated alkanes) is 1. The summed E-state index contributed by atoms with van der Waals surface area (Å²) >= 11 is 0. The van der Waals surface area contributed by atoms with Crippen LogP contribution in [0.15, 0.2) is 11.8 Å². The van der Waals surface area contributed by atoms with Gasteiger partial charge < -0.3 is 10.2 Å². The number of hydrogen-bond acceptors (Lipinski definition) is 2. The van der Waals surface area contributed by atoms with E-state index < -0.39 is 5.97 Å². The normalized spacial score (nSPS) is 12.9. The van der Waals surface area contributed by atoms with Crippen molar-refractivity contribution in [2.24, 2.45) is 5.41 Å². The predicted octanol–water partition coefficient (Wildman–Crippen LogP) is 3.12. The van der Waals surface area contributed by atoms with Gasteiger partial charge in [-0.15, -0.1) is 0 Å². The first-order valence-electron chi connectivity index (χ1n) is 4.99. The second-order valence-electron chi connectivity index (χ2n) is 4.40. The van der Waals surface area contributed by atoms with Crippen LogP contribution in [0.3, 0.4) is 0 Å². The molecule has 2 N–H and O–H groups in total. The summed E-state index contributed by atoms with van der Waals surface area (Å²) in [5.41, 5.74) is 0.0364. The molecule has 82 valence electrons. The number of carboxylic acids is 1. The van der Waals surface area contributed by atoms with Crippen molar-refractivity contribution in [3.63, 3.8) is 0 Å². The van der Waals surface area contributed by atoms with Gasteiger partial charge in [-0.1, -0.05) is 33.6 Å². The lowest BCUT2D eigenvalue weighted by molar-refractivity contribution is -0.133. The van der Waals surface area contributed by atoms with E-state index in [1.807, 2.05) is 13.8 Å². The number of aliphatic hydroxyl groups excluding tert-OH is 1. The minimum atomic E-state index is -1.03. The Morgan fingerprint density at radius 1 is 1.43 bits per heavy atom. The van der Waals surface area contributed by atoms with Crippen molar-refractivity contribution >= 4 is 5.97 Å². The van der Waals surface area contributed by atoms with Crippen LogP contribution in [-0.4, -0.2) is 16.2 Å². The van der Waals surface area contributed by atoms with Crippen LogP contribution in [0, 0.1) is 5.41 Å². The Bertz CT molecular complexity index is 217. The summed E-state index contributed by atoms with van der Waals surface area (Å²) in [5.74, 6) is -1.03. The molecule has 0 aliphatic heterocycles. The van der Waals surface area contributed by atoms with E-state index in [0.717, 1.165) is 19.3 Å². The lowest BCUT2D eigenvalue weighted by atomic mass is 9.81. The zero-order valence-corrected chi connectivity index (χ0v) is 9.21. The first kappa shape index (κ1) is 13.0. The molecule has 0 saturated carbocycles. The van der Waals surface area contributed by atoms with Crippen LogP contribution < -0.4 is 0 Å². The van der Waals surface area contributed by atoms with Crippen LogP contribution in [0.2, 0.25) is 0 Å².